The monoisotopic (exact) mass is 255 g/mol. The van der Waals surface area contributed by atoms with Crippen molar-refractivity contribution >= 4 is 11.6 Å². The van der Waals surface area contributed by atoms with Gasteiger partial charge in [-0.05, 0) is 31.0 Å². The van der Waals surface area contributed by atoms with Crippen LogP contribution >= 0.6 is 11.6 Å². The molecule has 2 atom stereocenters. The van der Waals surface area contributed by atoms with Crippen LogP contribution in [0.5, 0.6) is 5.75 Å². The zero-order chi connectivity index (χ0) is 12.3. The molecule has 1 saturated heterocycles. The molecular weight excluding hydrogens is 238 g/mol. The number of hydrogen-bond acceptors (Lipinski definition) is 3. The second-order valence-corrected chi connectivity index (χ2v) is 4.92. The van der Waals surface area contributed by atoms with Crippen LogP contribution in [0.2, 0.25) is 5.02 Å². The van der Waals surface area contributed by atoms with E-state index in [4.69, 9.17) is 26.8 Å². The first-order valence-corrected chi connectivity index (χ1v) is 6.30. The Morgan fingerprint density at radius 1 is 1.59 bits per heavy atom. The van der Waals surface area contributed by atoms with Gasteiger partial charge in [-0.15, -0.1) is 0 Å². The van der Waals surface area contributed by atoms with Crippen LogP contribution in [0.4, 0.5) is 0 Å². The van der Waals surface area contributed by atoms with E-state index in [0.717, 1.165) is 30.9 Å². The third-order valence-electron chi connectivity index (χ3n) is 2.97. The normalized spacial score (nSPS) is 21.5. The average Bonchev–Trinajstić information content (AvgIpc) is 2.78. The molecule has 1 aromatic carbocycles. The highest BCUT2D eigenvalue weighted by molar-refractivity contribution is 6.31. The standard InChI is InChI=1S/C13H18ClNO2/c1-9(15)12-3-2-11(6-13(12)14)17-8-10-4-5-16-7-10/h2-3,6,9-10H,4-5,7-8,15H2,1H3. The molecule has 3 nitrogen and oxygen atoms in total. The van der Waals surface area contributed by atoms with Gasteiger partial charge in [-0.1, -0.05) is 17.7 Å². The molecule has 1 heterocycles. The van der Waals surface area contributed by atoms with Crippen LogP contribution in [0.25, 0.3) is 0 Å². The molecule has 2 N–H and O–H groups in total. The Labute approximate surface area is 107 Å². The summed E-state index contributed by atoms with van der Waals surface area (Å²) in [7, 11) is 0. The Kier molecular flexibility index (Phi) is 4.26. The molecule has 1 aliphatic heterocycles. The summed E-state index contributed by atoms with van der Waals surface area (Å²) in [4.78, 5) is 0. The molecular formula is C13H18ClNO2. The summed E-state index contributed by atoms with van der Waals surface area (Å²) in [6.07, 6.45) is 1.08. The molecule has 0 aromatic heterocycles. The van der Waals surface area contributed by atoms with Gasteiger partial charge >= 0.3 is 0 Å². The highest BCUT2D eigenvalue weighted by Crippen LogP contribution is 2.26. The fourth-order valence-electron chi connectivity index (χ4n) is 1.90. The lowest BCUT2D eigenvalue weighted by Gasteiger charge is -2.13. The van der Waals surface area contributed by atoms with Gasteiger partial charge in [0, 0.05) is 23.6 Å². The number of ether oxygens (including phenoxy) is 2. The fourth-order valence-corrected chi connectivity index (χ4v) is 2.24. The summed E-state index contributed by atoms with van der Waals surface area (Å²) < 4.78 is 11.0. The maximum atomic E-state index is 6.14. The van der Waals surface area contributed by atoms with E-state index < -0.39 is 0 Å². The maximum Gasteiger partial charge on any atom is 0.120 e. The Hall–Kier alpha value is -0.770. The minimum atomic E-state index is -0.0558. The van der Waals surface area contributed by atoms with Gasteiger partial charge in [0.15, 0.2) is 0 Å². The van der Waals surface area contributed by atoms with E-state index in [0.29, 0.717) is 17.5 Å². The van der Waals surface area contributed by atoms with E-state index in [-0.39, 0.29) is 6.04 Å². The first kappa shape index (κ1) is 12.7. The summed E-state index contributed by atoms with van der Waals surface area (Å²) in [5.74, 6) is 1.30. The predicted molar refractivity (Wildman–Crippen MR) is 68.5 cm³/mol. The van der Waals surface area contributed by atoms with Gasteiger partial charge in [0.1, 0.15) is 5.75 Å². The summed E-state index contributed by atoms with van der Waals surface area (Å²) in [5.41, 5.74) is 6.74. The van der Waals surface area contributed by atoms with Crippen LogP contribution in [0.1, 0.15) is 24.9 Å². The summed E-state index contributed by atoms with van der Waals surface area (Å²) in [6.45, 7) is 4.25. The minimum absolute atomic E-state index is 0.0558. The Morgan fingerprint density at radius 3 is 3.00 bits per heavy atom. The molecule has 0 saturated carbocycles. The molecule has 0 aliphatic carbocycles. The zero-order valence-electron chi connectivity index (χ0n) is 9.99. The van der Waals surface area contributed by atoms with Crippen molar-refractivity contribution in [2.75, 3.05) is 19.8 Å². The van der Waals surface area contributed by atoms with E-state index >= 15 is 0 Å². The largest absolute Gasteiger partial charge is 0.493 e. The minimum Gasteiger partial charge on any atom is -0.493 e. The lowest BCUT2D eigenvalue weighted by atomic mass is 10.1. The fraction of sp³-hybridized carbons (Fsp3) is 0.538. The van der Waals surface area contributed by atoms with E-state index in [1.54, 1.807) is 0 Å². The average molecular weight is 256 g/mol. The smallest absolute Gasteiger partial charge is 0.120 e. The van der Waals surface area contributed by atoms with Crippen LogP contribution < -0.4 is 10.5 Å². The van der Waals surface area contributed by atoms with Crippen LogP contribution in [-0.2, 0) is 4.74 Å². The maximum absolute atomic E-state index is 6.14. The number of nitrogens with two attached hydrogens (primary N) is 1. The predicted octanol–water partition coefficient (Wildman–Crippen LogP) is 2.78. The van der Waals surface area contributed by atoms with Crippen LogP contribution in [0.3, 0.4) is 0 Å². The highest BCUT2D eigenvalue weighted by atomic mass is 35.5. The molecule has 4 heteroatoms. The lowest BCUT2D eigenvalue weighted by molar-refractivity contribution is 0.167. The molecule has 0 radical (unpaired) electrons. The third-order valence-corrected chi connectivity index (χ3v) is 3.30. The Balaban J connectivity index is 1.94. The van der Waals surface area contributed by atoms with Crippen LogP contribution in [-0.4, -0.2) is 19.8 Å². The molecule has 17 heavy (non-hydrogen) atoms. The Bertz CT molecular complexity index is 376. The number of rotatable bonds is 4. The molecule has 0 spiro atoms. The van der Waals surface area contributed by atoms with Gasteiger partial charge in [-0.25, -0.2) is 0 Å². The molecule has 0 amide bonds. The summed E-state index contributed by atoms with van der Waals surface area (Å²) in [5, 5.41) is 0.667. The van der Waals surface area contributed by atoms with E-state index in [2.05, 4.69) is 0 Å². The van der Waals surface area contributed by atoms with Crippen molar-refractivity contribution in [1.82, 2.24) is 0 Å². The van der Waals surface area contributed by atoms with Gasteiger partial charge < -0.3 is 15.2 Å². The van der Waals surface area contributed by atoms with Crippen LogP contribution in [0, 0.1) is 5.92 Å². The summed E-state index contributed by atoms with van der Waals surface area (Å²) >= 11 is 6.14. The number of halogens is 1. The quantitative estimate of drug-likeness (QED) is 0.900. The van der Waals surface area contributed by atoms with Crippen molar-refractivity contribution in [2.45, 2.75) is 19.4 Å². The van der Waals surface area contributed by atoms with Crippen molar-refractivity contribution in [3.63, 3.8) is 0 Å². The van der Waals surface area contributed by atoms with Gasteiger partial charge in [-0.2, -0.15) is 0 Å². The molecule has 1 fully saturated rings. The van der Waals surface area contributed by atoms with Crippen molar-refractivity contribution in [1.29, 1.82) is 0 Å². The SMILES string of the molecule is CC(N)c1ccc(OCC2CCOC2)cc1Cl. The number of hydrogen-bond donors (Lipinski definition) is 1. The molecule has 1 aromatic rings. The van der Waals surface area contributed by atoms with Gasteiger partial charge in [-0.3, -0.25) is 0 Å². The van der Waals surface area contributed by atoms with Crippen molar-refractivity contribution in [2.24, 2.45) is 11.7 Å². The zero-order valence-corrected chi connectivity index (χ0v) is 10.7. The molecule has 2 rings (SSSR count). The second kappa shape index (κ2) is 5.71. The van der Waals surface area contributed by atoms with Gasteiger partial charge in [0.2, 0.25) is 0 Å². The summed E-state index contributed by atoms with van der Waals surface area (Å²) in [6, 6.07) is 5.61. The topological polar surface area (TPSA) is 44.5 Å². The lowest BCUT2D eigenvalue weighted by Crippen LogP contribution is -2.12. The first-order valence-electron chi connectivity index (χ1n) is 5.92. The molecule has 1 aliphatic rings. The third kappa shape index (κ3) is 3.35. The first-order chi connectivity index (χ1) is 8.16. The molecule has 2 unspecified atom stereocenters. The van der Waals surface area contributed by atoms with E-state index in [1.165, 1.54) is 0 Å². The van der Waals surface area contributed by atoms with Crippen molar-refractivity contribution in [3.8, 4) is 5.75 Å². The molecule has 0 bridgehead atoms. The molecule has 94 valence electrons. The van der Waals surface area contributed by atoms with Gasteiger partial charge in [0.25, 0.3) is 0 Å². The number of benzene rings is 1. The van der Waals surface area contributed by atoms with Gasteiger partial charge in [0.05, 0.1) is 13.2 Å². The van der Waals surface area contributed by atoms with Crippen LogP contribution in [0.15, 0.2) is 18.2 Å². The van der Waals surface area contributed by atoms with Crippen molar-refractivity contribution < 1.29 is 9.47 Å². The van der Waals surface area contributed by atoms with E-state index in [9.17, 15) is 0 Å². The highest BCUT2D eigenvalue weighted by Gasteiger charge is 2.16. The van der Waals surface area contributed by atoms with Crippen molar-refractivity contribution in [3.05, 3.63) is 28.8 Å². The van der Waals surface area contributed by atoms with E-state index in [1.807, 2.05) is 25.1 Å². The second-order valence-electron chi connectivity index (χ2n) is 4.51. The Morgan fingerprint density at radius 2 is 2.41 bits per heavy atom.